The van der Waals surface area contributed by atoms with Crippen LogP contribution in [0.3, 0.4) is 0 Å². The van der Waals surface area contributed by atoms with Crippen LogP contribution in [0.15, 0.2) is 29.8 Å². The zero-order valence-corrected chi connectivity index (χ0v) is 22.4. The zero-order chi connectivity index (χ0) is 25.7. The van der Waals surface area contributed by atoms with Gasteiger partial charge in [0.15, 0.2) is 0 Å². The predicted molar refractivity (Wildman–Crippen MR) is 140 cm³/mol. The first kappa shape index (κ1) is 25.7. The van der Waals surface area contributed by atoms with Gasteiger partial charge in [-0.3, -0.25) is 10.1 Å². The number of allylic oxidation sites excluding steroid dienone is 1. The van der Waals surface area contributed by atoms with Gasteiger partial charge in [0.1, 0.15) is 5.75 Å². The maximum atomic E-state index is 11.2. The molecule has 0 heterocycles. The molecule has 6 nitrogen and oxygen atoms in total. The highest BCUT2D eigenvalue weighted by Gasteiger charge is 2.59. The molecule has 0 radical (unpaired) electrons. The summed E-state index contributed by atoms with van der Waals surface area (Å²) in [5.41, 5.74) is 2.62. The van der Waals surface area contributed by atoms with Crippen LogP contribution in [0, 0.1) is 50.5 Å². The van der Waals surface area contributed by atoms with Gasteiger partial charge < -0.3 is 14.6 Å². The Morgan fingerprint density at radius 2 is 1.97 bits per heavy atom. The summed E-state index contributed by atoms with van der Waals surface area (Å²) in [7, 11) is 1.86. The highest BCUT2D eigenvalue weighted by Crippen LogP contribution is 2.67. The van der Waals surface area contributed by atoms with E-state index in [-0.39, 0.29) is 12.3 Å². The van der Waals surface area contributed by atoms with Crippen molar-refractivity contribution in [2.24, 2.45) is 40.4 Å². The molecule has 0 saturated heterocycles. The maximum Gasteiger partial charge on any atom is 0.275 e. The Hall–Kier alpha value is -1.92. The number of benzene rings is 1. The molecule has 6 heteroatoms. The van der Waals surface area contributed by atoms with Crippen LogP contribution in [0.5, 0.6) is 5.75 Å². The average Bonchev–Trinajstić information content (AvgIpc) is 3.23. The van der Waals surface area contributed by atoms with Gasteiger partial charge in [-0.1, -0.05) is 32.4 Å². The molecule has 0 spiro atoms. The lowest BCUT2D eigenvalue weighted by atomic mass is 9.47. The summed E-state index contributed by atoms with van der Waals surface area (Å²) in [4.78, 5) is 10.7. The second-order valence-corrected chi connectivity index (χ2v) is 12.6. The topological polar surface area (TPSA) is 81.8 Å². The van der Waals surface area contributed by atoms with Crippen molar-refractivity contribution >= 4 is 5.69 Å². The van der Waals surface area contributed by atoms with Gasteiger partial charge in [-0.25, -0.2) is 0 Å². The molecule has 1 aromatic rings. The summed E-state index contributed by atoms with van der Waals surface area (Å²) in [5, 5.41) is 20.7. The van der Waals surface area contributed by atoms with Crippen LogP contribution < -0.4 is 4.74 Å². The Morgan fingerprint density at radius 1 is 1.17 bits per heavy atom. The highest BCUT2D eigenvalue weighted by atomic mass is 16.6. The molecule has 0 aliphatic heterocycles. The largest absolute Gasteiger partial charge is 0.493 e. The Morgan fingerprint density at radius 3 is 2.69 bits per heavy atom. The minimum absolute atomic E-state index is 0.0603. The molecule has 198 valence electrons. The van der Waals surface area contributed by atoms with E-state index in [0.29, 0.717) is 46.7 Å². The van der Waals surface area contributed by atoms with E-state index in [1.807, 2.05) is 7.11 Å². The van der Waals surface area contributed by atoms with Crippen molar-refractivity contribution in [2.45, 2.75) is 84.8 Å². The number of ether oxygens (including phenoxy) is 2. The Balaban J connectivity index is 1.27. The lowest BCUT2D eigenvalue weighted by molar-refractivity contribution is -0.385. The number of nitro groups is 1. The Bertz CT molecular complexity index is 1020. The van der Waals surface area contributed by atoms with E-state index in [2.05, 4.69) is 26.8 Å². The Labute approximate surface area is 215 Å². The fraction of sp³-hybridized carbons (Fsp3) is 0.733. The first-order valence-corrected chi connectivity index (χ1v) is 13.9. The number of aliphatic hydroxyl groups is 1. The summed E-state index contributed by atoms with van der Waals surface area (Å²) in [5.74, 6) is 4.00. The summed E-state index contributed by atoms with van der Waals surface area (Å²) < 4.78 is 11.9. The average molecular weight is 498 g/mol. The van der Waals surface area contributed by atoms with Crippen molar-refractivity contribution in [3.8, 4) is 5.75 Å². The molecular weight excluding hydrogens is 454 g/mol. The van der Waals surface area contributed by atoms with E-state index in [4.69, 9.17) is 9.47 Å². The van der Waals surface area contributed by atoms with Gasteiger partial charge in [0, 0.05) is 13.2 Å². The normalized spacial score (nSPS) is 38.4. The smallest absolute Gasteiger partial charge is 0.275 e. The number of aliphatic hydroxyl groups excluding tert-OH is 1. The molecule has 4 aliphatic carbocycles. The second-order valence-electron chi connectivity index (χ2n) is 12.6. The van der Waals surface area contributed by atoms with Crippen LogP contribution in [-0.4, -0.2) is 29.9 Å². The lowest BCUT2D eigenvalue weighted by Crippen LogP contribution is -2.51. The Kier molecular flexibility index (Phi) is 6.97. The monoisotopic (exact) mass is 497 g/mol. The van der Waals surface area contributed by atoms with Crippen molar-refractivity contribution in [1.29, 1.82) is 0 Å². The molecule has 3 fully saturated rings. The van der Waals surface area contributed by atoms with E-state index in [0.717, 1.165) is 24.2 Å². The van der Waals surface area contributed by atoms with Gasteiger partial charge in [0.2, 0.25) is 0 Å². The fourth-order valence-corrected chi connectivity index (χ4v) is 9.10. The second kappa shape index (κ2) is 9.75. The summed E-state index contributed by atoms with van der Waals surface area (Å²) >= 11 is 0. The van der Waals surface area contributed by atoms with Crippen molar-refractivity contribution in [1.82, 2.24) is 0 Å². The molecule has 36 heavy (non-hydrogen) atoms. The SMILES string of the molecule is CO[C@H]1CC[C@@]2(C)C(=CC[C@H]3[C@@H]4CC[C@H]([C@H](C)COc5ccc([N+](=O)[O-])c(CO)c5)[C@@]4(C)CC[C@@H]32)C1. The molecule has 0 aromatic heterocycles. The van der Waals surface area contributed by atoms with Crippen LogP contribution in [0.2, 0.25) is 0 Å². The molecule has 0 bridgehead atoms. The molecule has 5 rings (SSSR count). The van der Waals surface area contributed by atoms with Crippen molar-refractivity contribution in [2.75, 3.05) is 13.7 Å². The third-order valence-corrected chi connectivity index (χ3v) is 11.1. The van der Waals surface area contributed by atoms with Crippen molar-refractivity contribution < 1.29 is 19.5 Å². The number of hydrogen-bond donors (Lipinski definition) is 1. The van der Waals surface area contributed by atoms with Crippen LogP contribution in [0.25, 0.3) is 0 Å². The van der Waals surface area contributed by atoms with E-state index in [1.54, 1.807) is 17.7 Å². The molecule has 3 saturated carbocycles. The van der Waals surface area contributed by atoms with Crippen molar-refractivity contribution in [3.05, 3.63) is 45.5 Å². The molecule has 1 N–H and O–H groups in total. The maximum absolute atomic E-state index is 11.2. The number of nitrogens with zero attached hydrogens (tertiary/aromatic N) is 1. The van der Waals surface area contributed by atoms with Gasteiger partial charge in [-0.05, 0) is 104 Å². The first-order chi connectivity index (χ1) is 17.2. The van der Waals surface area contributed by atoms with Crippen LogP contribution in [0.1, 0.15) is 77.7 Å². The highest BCUT2D eigenvalue weighted by molar-refractivity contribution is 5.44. The zero-order valence-electron chi connectivity index (χ0n) is 22.4. The third kappa shape index (κ3) is 4.18. The van der Waals surface area contributed by atoms with Crippen LogP contribution in [-0.2, 0) is 11.3 Å². The number of rotatable bonds is 7. The number of hydrogen-bond acceptors (Lipinski definition) is 5. The summed E-state index contributed by atoms with van der Waals surface area (Å²) in [6.45, 7) is 7.66. The van der Waals surface area contributed by atoms with Gasteiger partial charge in [0.25, 0.3) is 5.69 Å². The van der Waals surface area contributed by atoms with Crippen molar-refractivity contribution in [3.63, 3.8) is 0 Å². The van der Waals surface area contributed by atoms with E-state index in [1.165, 1.54) is 51.0 Å². The van der Waals surface area contributed by atoms with Gasteiger partial charge in [0.05, 0.1) is 29.8 Å². The van der Waals surface area contributed by atoms with Crippen LogP contribution >= 0.6 is 0 Å². The molecule has 1 aromatic carbocycles. The van der Waals surface area contributed by atoms with E-state index < -0.39 is 4.92 Å². The molecule has 8 atom stereocenters. The third-order valence-electron chi connectivity index (χ3n) is 11.1. The minimum atomic E-state index is -0.457. The number of fused-ring (bicyclic) bond motifs is 5. The summed E-state index contributed by atoms with van der Waals surface area (Å²) in [6, 6.07) is 4.70. The summed E-state index contributed by atoms with van der Waals surface area (Å²) in [6.07, 6.45) is 13.0. The van der Waals surface area contributed by atoms with E-state index in [9.17, 15) is 15.2 Å². The fourth-order valence-electron chi connectivity index (χ4n) is 9.10. The predicted octanol–water partition coefficient (Wildman–Crippen LogP) is 6.70. The quantitative estimate of drug-likeness (QED) is 0.258. The molecular formula is C30H43NO5. The van der Waals surface area contributed by atoms with Gasteiger partial charge >= 0.3 is 0 Å². The van der Waals surface area contributed by atoms with E-state index >= 15 is 0 Å². The molecule has 0 unspecified atom stereocenters. The van der Waals surface area contributed by atoms with Gasteiger partial charge in [-0.2, -0.15) is 0 Å². The molecule has 4 aliphatic rings. The number of nitro benzene ring substituents is 1. The lowest BCUT2D eigenvalue weighted by Gasteiger charge is -2.58. The minimum Gasteiger partial charge on any atom is -0.493 e. The van der Waals surface area contributed by atoms with Gasteiger partial charge in [-0.15, -0.1) is 0 Å². The number of methoxy groups -OCH3 is 1. The standard InChI is InChI=1S/C30H43NO5/c1-19(18-36-23-6-10-28(31(33)34)20(15-23)17-32)25-8-9-26-24-7-5-21-16-22(35-4)11-13-29(21,2)27(24)12-14-30(25,26)3/h5-6,10,15,19,22,24-27,32H,7-9,11-14,16-18H2,1-4H3/t19-,22+,24+,25-,26+,27+,29+,30-/m1/s1. The first-order valence-electron chi connectivity index (χ1n) is 13.9. The molecule has 0 amide bonds. The van der Waals surface area contributed by atoms with Crippen LogP contribution in [0.4, 0.5) is 5.69 Å².